The van der Waals surface area contributed by atoms with Crippen LogP contribution in [0.3, 0.4) is 0 Å². The molecule has 0 heterocycles. The first-order valence-electron chi connectivity index (χ1n) is 8.39. The fourth-order valence-electron chi connectivity index (χ4n) is 2.52. The molecule has 2 aromatic rings. The zero-order valence-corrected chi connectivity index (χ0v) is 15.2. The molecule has 0 fully saturated rings. The molecule has 0 saturated heterocycles. The Bertz CT molecular complexity index is 735. The zero-order valence-electron chi connectivity index (χ0n) is 15.2. The van der Waals surface area contributed by atoms with Crippen LogP contribution in [0.4, 0.5) is 5.69 Å². The van der Waals surface area contributed by atoms with E-state index in [-0.39, 0.29) is 5.91 Å². The molecule has 0 bridgehead atoms. The van der Waals surface area contributed by atoms with Crippen LogP contribution < -0.4 is 14.8 Å². The number of amides is 1. The second-order valence-electron chi connectivity index (χ2n) is 5.84. The Hall–Kier alpha value is -2.75. The first-order valence-corrected chi connectivity index (χ1v) is 8.39. The minimum absolute atomic E-state index is 0.193. The lowest BCUT2D eigenvalue weighted by atomic mass is 9.99. The summed E-state index contributed by atoms with van der Waals surface area (Å²) in [7, 11) is 3.16. The van der Waals surface area contributed by atoms with Gasteiger partial charge in [0.2, 0.25) is 5.91 Å². The molecule has 0 aliphatic carbocycles. The first kappa shape index (κ1) is 18.6. The van der Waals surface area contributed by atoms with Crippen molar-refractivity contribution >= 4 is 17.7 Å². The predicted octanol–water partition coefficient (Wildman–Crippen LogP) is 4.87. The van der Waals surface area contributed by atoms with E-state index in [4.69, 9.17) is 9.47 Å². The van der Waals surface area contributed by atoms with E-state index in [9.17, 15) is 4.79 Å². The molecule has 1 amide bonds. The number of rotatable bonds is 7. The quantitative estimate of drug-likeness (QED) is 0.732. The number of carbonyl (C=O) groups excluding carboxylic acids is 1. The highest BCUT2D eigenvalue weighted by Gasteiger charge is 2.07. The van der Waals surface area contributed by atoms with Gasteiger partial charge in [-0.2, -0.15) is 0 Å². The van der Waals surface area contributed by atoms with Gasteiger partial charge in [0.05, 0.1) is 14.2 Å². The Morgan fingerprint density at radius 3 is 2.44 bits per heavy atom. The highest BCUT2D eigenvalue weighted by molar-refractivity contribution is 6.02. The van der Waals surface area contributed by atoms with E-state index < -0.39 is 0 Å². The third kappa shape index (κ3) is 4.86. The summed E-state index contributed by atoms with van der Waals surface area (Å²) in [6.07, 6.45) is 4.29. The highest BCUT2D eigenvalue weighted by atomic mass is 16.5. The molecular weight excluding hydrogens is 314 g/mol. The average molecular weight is 339 g/mol. The Morgan fingerprint density at radius 2 is 1.84 bits per heavy atom. The van der Waals surface area contributed by atoms with Gasteiger partial charge in [-0.1, -0.05) is 38.1 Å². The van der Waals surface area contributed by atoms with Gasteiger partial charge in [-0.25, -0.2) is 0 Å². The minimum atomic E-state index is -0.193. The molecule has 2 rings (SSSR count). The maximum atomic E-state index is 12.1. The summed E-state index contributed by atoms with van der Waals surface area (Å²) in [5.74, 6) is 1.56. The van der Waals surface area contributed by atoms with E-state index >= 15 is 0 Å². The van der Waals surface area contributed by atoms with Gasteiger partial charge in [-0.3, -0.25) is 4.79 Å². The molecule has 0 spiro atoms. The van der Waals surface area contributed by atoms with Gasteiger partial charge in [-0.15, -0.1) is 0 Å². The van der Waals surface area contributed by atoms with Crippen molar-refractivity contribution in [3.05, 3.63) is 59.7 Å². The van der Waals surface area contributed by atoms with Crippen LogP contribution in [0.15, 0.2) is 48.5 Å². The summed E-state index contributed by atoms with van der Waals surface area (Å²) < 4.78 is 10.6. The monoisotopic (exact) mass is 339 g/mol. The molecule has 0 unspecified atom stereocenters. The van der Waals surface area contributed by atoms with Crippen LogP contribution in [-0.4, -0.2) is 20.1 Å². The van der Waals surface area contributed by atoms with E-state index in [1.165, 1.54) is 11.6 Å². The van der Waals surface area contributed by atoms with Crippen molar-refractivity contribution in [1.29, 1.82) is 0 Å². The summed E-state index contributed by atoms with van der Waals surface area (Å²) in [6, 6.07) is 13.5. The maximum absolute atomic E-state index is 12.1. The SMILES string of the molecule is CC[C@H](C)c1ccc(NC(=O)/C=C/c2cccc(OC)c2OC)cc1. The fraction of sp³-hybridized carbons (Fsp3) is 0.286. The van der Waals surface area contributed by atoms with E-state index in [1.54, 1.807) is 20.3 Å². The molecule has 0 aromatic heterocycles. The summed E-state index contributed by atoms with van der Waals surface area (Å²) >= 11 is 0. The van der Waals surface area contributed by atoms with E-state index in [1.807, 2.05) is 30.3 Å². The lowest BCUT2D eigenvalue weighted by Gasteiger charge is -2.10. The lowest BCUT2D eigenvalue weighted by Crippen LogP contribution is -2.07. The van der Waals surface area contributed by atoms with Crippen molar-refractivity contribution in [3.8, 4) is 11.5 Å². The Kier molecular flexibility index (Phi) is 6.63. The predicted molar refractivity (Wildman–Crippen MR) is 102 cm³/mol. The summed E-state index contributed by atoms with van der Waals surface area (Å²) in [6.45, 7) is 4.36. The number of anilines is 1. The van der Waals surface area contributed by atoms with Gasteiger partial charge in [-0.05, 0) is 42.2 Å². The number of methoxy groups -OCH3 is 2. The Balaban J connectivity index is 2.06. The zero-order chi connectivity index (χ0) is 18.2. The number of ether oxygens (including phenoxy) is 2. The summed E-state index contributed by atoms with van der Waals surface area (Å²) in [4.78, 5) is 12.1. The van der Waals surface area contributed by atoms with E-state index in [2.05, 4.69) is 31.3 Å². The third-order valence-electron chi connectivity index (χ3n) is 4.21. The van der Waals surface area contributed by atoms with E-state index in [0.717, 1.165) is 17.7 Å². The molecule has 4 nitrogen and oxygen atoms in total. The molecule has 0 aliphatic heterocycles. The smallest absolute Gasteiger partial charge is 0.248 e. The number of hydrogen-bond acceptors (Lipinski definition) is 3. The van der Waals surface area contributed by atoms with Crippen molar-refractivity contribution in [3.63, 3.8) is 0 Å². The second-order valence-corrected chi connectivity index (χ2v) is 5.84. The summed E-state index contributed by atoms with van der Waals surface area (Å²) in [5, 5.41) is 2.86. The van der Waals surface area contributed by atoms with Gasteiger partial charge in [0.15, 0.2) is 11.5 Å². The molecule has 0 saturated carbocycles. The number of carbonyl (C=O) groups is 1. The normalized spacial score (nSPS) is 12.0. The van der Waals surface area contributed by atoms with Crippen LogP contribution in [0, 0.1) is 0 Å². The van der Waals surface area contributed by atoms with Crippen molar-refractivity contribution in [2.45, 2.75) is 26.2 Å². The van der Waals surface area contributed by atoms with E-state index in [0.29, 0.717) is 17.4 Å². The van der Waals surface area contributed by atoms with Gasteiger partial charge < -0.3 is 14.8 Å². The highest BCUT2D eigenvalue weighted by Crippen LogP contribution is 2.31. The molecular formula is C21H25NO3. The van der Waals surface area contributed by atoms with Crippen LogP contribution >= 0.6 is 0 Å². The van der Waals surface area contributed by atoms with Crippen LogP contribution in [-0.2, 0) is 4.79 Å². The van der Waals surface area contributed by atoms with Crippen LogP contribution in [0.2, 0.25) is 0 Å². The molecule has 132 valence electrons. The molecule has 2 aromatic carbocycles. The van der Waals surface area contributed by atoms with Gasteiger partial charge in [0.25, 0.3) is 0 Å². The Labute approximate surface area is 149 Å². The first-order chi connectivity index (χ1) is 12.1. The van der Waals surface area contributed by atoms with Gasteiger partial charge in [0, 0.05) is 17.3 Å². The minimum Gasteiger partial charge on any atom is -0.493 e. The number of para-hydroxylation sites is 1. The van der Waals surface area contributed by atoms with Crippen LogP contribution in [0.1, 0.15) is 37.3 Å². The number of hydrogen-bond donors (Lipinski definition) is 1. The Morgan fingerprint density at radius 1 is 1.12 bits per heavy atom. The standard InChI is InChI=1S/C21H25NO3/c1-5-15(2)16-9-12-18(13-10-16)22-20(23)14-11-17-7-6-8-19(24-3)21(17)25-4/h6-15H,5H2,1-4H3,(H,22,23)/b14-11+/t15-/m0/s1. The van der Waals surface area contributed by atoms with Gasteiger partial charge >= 0.3 is 0 Å². The summed E-state index contributed by atoms with van der Waals surface area (Å²) in [5.41, 5.74) is 2.83. The molecule has 0 radical (unpaired) electrons. The number of benzene rings is 2. The van der Waals surface area contributed by atoms with Crippen LogP contribution in [0.25, 0.3) is 6.08 Å². The van der Waals surface area contributed by atoms with Crippen molar-refractivity contribution in [2.75, 3.05) is 19.5 Å². The topological polar surface area (TPSA) is 47.6 Å². The molecule has 1 atom stereocenters. The molecule has 0 aliphatic rings. The fourth-order valence-corrected chi connectivity index (χ4v) is 2.52. The molecule has 4 heteroatoms. The van der Waals surface area contributed by atoms with Crippen molar-refractivity contribution in [1.82, 2.24) is 0 Å². The van der Waals surface area contributed by atoms with Gasteiger partial charge in [0.1, 0.15) is 0 Å². The lowest BCUT2D eigenvalue weighted by molar-refractivity contribution is -0.111. The van der Waals surface area contributed by atoms with Crippen molar-refractivity contribution < 1.29 is 14.3 Å². The molecule has 25 heavy (non-hydrogen) atoms. The largest absolute Gasteiger partial charge is 0.493 e. The third-order valence-corrected chi connectivity index (χ3v) is 4.21. The molecule has 1 N–H and O–H groups in total. The number of nitrogens with one attached hydrogen (secondary N) is 1. The average Bonchev–Trinajstić information content (AvgIpc) is 2.65. The maximum Gasteiger partial charge on any atom is 0.248 e. The van der Waals surface area contributed by atoms with Crippen molar-refractivity contribution in [2.24, 2.45) is 0 Å². The van der Waals surface area contributed by atoms with Crippen LogP contribution in [0.5, 0.6) is 11.5 Å². The second kappa shape index (κ2) is 8.92.